The van der Waals surface area contributed by atoms with Crippen molar-refractivity contribution in [1.82, 2.24) is 0 Å². The zero-order valence-electron chi connectivity index (χ0n) is 6.28. The number of halogens is 1. The highest BCUT2D eigenvalue weighted by molar-refractivity contribution is 8.14. The lowest BCUT2D eigenvalue weighted by Crippen LogP contribution is -1.92. The smallest absolute Gasteiger partial charge is 0.207 e. The highest BCUT2D eigenvalue weighted by Gasteiger charge is 2.13. The normalized spacial score (nSPS) is 11.6. The van der Waals surface area contributed by atoms with E-state index in [0.29, 0.717) is 4.90 Å². The summed E-state index contributed by atoms with van der Waals surface area (Å²) >= 11 is 3.98. The van der Waals surface area contributed by atoms with E-state index < -0.39 is 9.05 Å². The van der Waals surface area contributed by atoms with Crippen LogP contribution in [-0.2, 0) is 9.05 Å². The standard InChI is InChI=1S/C7H7ClO2S2/c1-5-2-3-6(11)7(4-5)12(8,9)10/h2-4,11H,1H3. The maximum atomic E-state index is 10.9. The zero-order chi connectivity index (χ0) is 9.35. The lowest BCUT2D eigenvalue weighted by molar-refractivity contribution is 0.607. The van der Waals surface area contributed by atoms with E-state index in [4.69, 9.17) is 10.7 Å². The van der Waals surface area contributed by atoms with Crippen molar-refractivity contribution in [2.75, 3.05) is 0 Å². The molecule has 0 saturated heterocycles. The molecule has 0 aromatic heterocycles. The first kappa shape index (κ1) is 9.89. The Morgan fingerprint density at radius 2 is 2.00 bits per heavy atom. The van der Waals surface area contributed by atoms with E-state index in [1.54, 1.807) is 19.1 Å². The number of hydrogen-bond donors (Lipinski definition) is 1. The van der Waals surface area contributed by atoms with Gasteiger partial charge in [0, 0.05) is 15.6 Å². The molecule has 0 fully saturated rings. The molecule has 0 aliphatic heterocycles. The summed E-state index contributed by atoms with van der Waals surface area (Å²) in [6, 6.07) is 4.87. The summed E-state index contributed by atoms with van der Waals surface area (Å²) in [7, 11) is 1.50. The Hall–Kier alpha value is -0.190. The molecular formula is C7H7ClO2S2. The number of benzene rings is 1. The lowest BCUT2D eigenvalue weighted by Gasteiger charge is -2.01. The average Bonchev–Trinajstić information content (AvgIpc) is 1.92. The van der Waals surface area contributed by atoms with E-state index in [9.17, 15) is 8.42 Å². The highest BCUT2D eigenvalue weighted by Crippen LogP contribution is 2.23. The molecule has 0 atom stereocenters. The Labute approximate surface area is 81.4 Å². The molecule has 1 aromatic rings. The molecule has 0 saturated carbocycles. The van der Waals surface area contributed by atoms with Gasteiger partial charge in [0.25, 0.3) is 9.05 Å². The molecule has 66 valence electrons. The van der Waals surface area contributed by atoms with E-state index in [1.165, 1.54) is 6.07 Å². The fourth-order valence-corrected chi connectivity index (χ4v) is 2.51. The van der Waals surface area contributed by atoms with Gasteiger partial charge in [0.1, 0.15) is 0 Å². The van der Waals surface area contributed by atoms with Crippen LogP contribution in [0.25, 0.3) is 0 Å². The predicted octanol–water partition coefficient (Wildman–Crippen LogP) is 2.21. The van der Waals surface area contributed by atoms with Crippen molar-refractivity contribution in [3.8, 4) is 0 Å². The number of aryl methyl sites for hydroxylation is 1. The van der Waals surface area contributed by atoms with Gasteiger partial charge >= 0.3 is 0 Å². The maximum Gasteiger partial charge on any atom is 0.262 e. The van der Waals surface area contributed by atoms with Crippen molar-refractivity contribution in [3.63, 3.8) is 0 Å². The maximum absolute atomic E-state index is 10.9. The second-order valence-corrected chi connectivity index (χ2v) is 5.43. The summed E-state index contributed by atoms with van der Waals surface area (Å²) in [4.78, 5) is 0.433. The van der Waals surface area contributed by atoms with Crippen molar-refractivity contribution < 1.29 is 8.42 Å². The quantitative estimate of drug-likeness (QED) is 0.584. The van der Waals surface area contributed by atoms with Crippen LogP contribution >= 0.6 is 23.3 Å². The molecule has 0 unspecified atom stereocenters. The Kier molecular flexibility index (Phi) is 2.70. The summed E-state index contributed by atoms with van der Waals surface area (Å²) in [5.74, 6) is 0. The predicted molar refractivity (Wildman–Crippen MR) is 51.5 cm³/mol. The summed E-state index contributed by atoms with van der Waals surface area (Å²) in [6.45, 7) is 1.79. The molecule has 5 heteroatoms. The molecular weight excluding hydrogens is 216 g/mol. The van der Waals surface area contributed by atoms with Gasteiger partial charge in [-0.1, -0.05) is 6.07 Å². The van der Waals surface area contributed by atoms with Crippen LogP contribution in [0.1, 0.15) is 5.56 Å². The van der Waals surface area contributed by atoms with Crippen LogP contribution in [0.5, 0.6) is 0 Å². The van der Waals surface area contributed by atoms with E-state index >= 15 is 0 Å². The largest absolute Gasteiger partial charge is 0.262 e. The zero-order valence-corrected chi connectivity index (χ0v) is 8.75. The second kappa shape index (κ2) is 3.28. The Morgan fingerprint density at radius 3 is 2.42 bits per heavy atom. The average molecular weight is 223 g/mol. The lowest BCUT2D eigenvalue weighted by atomic mass is 10.2. The van der Waals surface area contributed by atoms with Crippen molar-refractivity contribution in [2.24, 2.45) is 0 Å². The van der Waals surface area contributed by atoms with E-state index in [-0.39, 0.29) is 4.90 Å². The van der Waals surface area contributed by atoms with Gasteiger partial charge in [-0.05, 0) is 24.6 Å². The molecule has 0 spiro atoms. The van der Waals surface area contributed by atoms with E-state index in [0.717, 1.165) is 5.56 Å². The summed E-state index contributed by atoms with van der Waals surface area (Å²) in [6.07, 6.45) is 0. The number of hydrogen-bond acceptors (Lipinski definition) is 3. The minimum Gasteiger partial charge on any atom is -0.207 e. The molecule has 0 radical (unpaired) electrons. The van der Waals surface area contributed by atoms with Crippen LogP contribution in [0.15, 0.2) is 28.0 Å². The Bertz CT molecular complexity index is 398. The van der Waals surface area contributed by atoms with Gasteiger partial charge in [-0.15, -0.1) is 12.6 Å². The summed E-state index contributed by atoms with van der Waals surface area (Å²) in [5, 5.41) is 0. The SMILES string of the molecule is Cc1ccc(S)c(S(=O)(=O)Cl)c1. The summed E-state index contributed by atoms with van der Waals surface area (Å²) < 4.78 is 21.8. The molecule has 1 aromatic carbocycles. The van der Waals surface area contributed by atoms with Gasteiger partial charge in [-0.3, -0.25) is 0 Å². The molecule has 0 bridgehead atoms. The molecule has 0 aliphatic rings. The van der Waals surface area contributed by atoms with Gasteiger partial charge in [-0.25, -0.2) is 8.42 Å². The minimum atomic E-state index is -3.66. The van der Waals surface area contributed by atoms with Crippen molar-refractivity contribution in [1.29, 1.82) is 0 Å². The van der Waals surface area contributed by atoms with Crippen LogP contribution in [0.2, 0.25) is 0 Å². The molecule has 0 aliphatic carbocycles. The van der Waals surface area contributed by atoms with Gasteiger partial charge in [0.15, 0.2) is 0 Å². The van der Waals surface area contributed by atoms with Crippen LogP contribution in [0.3, 0.4) is 0 Å². The first-order valence-corrected chi connectivity index (χ1v) is 5.91. The third kappa shape index (κ3) is 2.15. The van der Waals surface area contributed by atoms with Gasteiger partial charge in [0.05, 0.1) is 4.90 Å². The molecule has 1 rings (SSSR count). The van der Waals surface area contributed by atoms with Gasteiger partial charge < -0.3 is 0 Å². The van der Waals surface area contributed by atoms with Gasteiger partial charge in [0.2, 0.25) is 0 Å². The molecule has 2 nitrogen and oxygen atoms in total. The van der Waals surface area contributed by atoms with Crippen molar-refractivity contribution in [2.45, 2.75) is 16.7 Å². The first-order chi connectivity index (χ1) is 5.41. The second-order valence-electron chi connectivity index (χ2n) is 2.41. The molecule has 0 heterocycles. The third-order valence-electron chi connectivity index (χ3n) is 1.38. The van der Waals surface area contributed by atoms with Crippen LogP contribution in [0.4, 0.5) is 0 Å². The third-order valence-corrected chi connectivity index (χ3v) is 3.28. The fraction of sp³-hybridized carbons (Fsp3) is 0.143. The number of thiol groups is 1. The Morgan fingerprint density at radius 1 is 1.42 bits per heavy atom. The molecule has 0 N–H and O–H groups in total. The fourth-order valence-electron chi connectivity index (χ4n) is 0.817. The van der Waals surface area contributed by atoms with Crippen LogP contribution < -0.4 is 0 Å². The van der Waals surface area contributed by atoms with Gasteiger partial charge in [-0.2, -0.15) is 0 Å². The van der Waals surface area contributed by atoms with E-state index in [1.807, 2.05) is 0 Å². The topological polar surface area (TPSA) is 34.1 Å². The molecule has 12 heavy (non-hydrogen) atoms. The monoisotopic (exact) mass is 222 g/mol. The number of rotatable bonds is 1. The van der Waals surface area contributed by atoms with Crippen molar-refractivity contribution >= 4 is 32.4 Å². The summed E-state index contributed by atoms with van der Waals surface area (Å²) in [5.41, 5.74) is 0.840. The Balaban J connectivity index is 3.43. The first-order valence-electron chi connectivity index (χ1n) is 3.15. The van der Waals surface area contributed by atoms with Crippen LogP contribution in [0, 0.1) is 6.92 Å². The van der Waals surface area contributed by atoms with Crippen LogP contribution in [-0.4, -0.2) is 8.42 Å². The highest BCUT2D eigenvalue weighted by atomic mass is 35.7. The van der Waals surface area contributed by atoms with E-state index in [2.05, 4.69) is 12.6 Å². The van der Waals surface area contributed by atoms with Crippen molar-refractivity contribution in [3.05, 3.63) is 23.8 Å². The minimum absolute atomic E-state index is 0.0625. The molecule has 0 amide bonds.